The SMILES string of the molecule is CC1CC1C(NN)C1=CCCCCC1. The van der Waals surface area contributed by atoms with Gasteiger partial charge >= 0.3 is 0 Å². The molecule has 0 radical (unpaired) electrons. The lowest BCUT2D eigenvalue weighted by molar-refractivity contribution is 0.496. The first-order valence-electron chi connectivity index (χ1n) is 5.98. The van der Waals surface area contributed by atoms with Crippen LogP contribution in [-0.4, -0.2) is 6.04 Å². The second-order valence-corrected chi connectivity index (χ2v) is 4.90. The number of hydrogen-bond acceptors (Lipinski definition) is 2. The standard InChI is InChI=1S/C12H22N2/c1-9-8-11(9)12(14-13)10-6-4-2-3-5-7-10/h6,9,11-12,14H,2-5,7-8,13H2,1H3. The molecule has 0 amide bonds. The van der Waals surface area contributed by atoms with Crippen LogP contribution >= 0.6 is 0 Å². The van der Waals surface area contributed by atoms with E-state index in [9.17, 15) is 0 Å². The molecule has 0 aromatic carbocycles. The second-order valence-electron chi connectivity index (χ2n) is 4.90. The maximum atomic E-state index is 5.67. The minimum absolute atomic E-state index is 0.475. The first-order valence-corrected chi connectivity index (χ1v) is 5.98. The third-order valence-electron chi connectivity index (χ3n) is 3.76. The predicted molar refractivity (Wildman–Crippen MR) is 59.6 cm³/mol. The van der Waals surface area contributed by atoms with Gasteiger partial charge in [0.15, 0.2) is 0 Å². The van der Waals surface area contributed by atoms with E-state index in [0.29, 0.717) is 6.04 Å². The minimum Gasteiger partial charge on any atom is -0.271 e. The summed E-state index contributed by atoms with van der Waals surface area (Å²) in [7, 11) is 0. The molecule has 2 rings (SSSR count). The van der Waals surface area contributed by atoms with Crippen LogP contribution in [0.2, 0.25) is 0 Å². The van der Waals surface area contributed by atoms with E-state index in [1.807, 2.05) is 0 Å². The Morgan fingerprint density at radius 1 is 1.43 bits per heavy atom. The van der Waals surface area contributed by atoms with Crippen LogP contribution in [0.5, 0.6) is 0 Å². The van der Waals surface area contributed by atoms with Crippen molar-refractivity contribution in [1.82, 2.24) is 5.43 Å². The van der Waals surface area contributed by atoms with Gasteiger partial charge in [0, 0.05) is 6.04 Å². The summed E-state index contributed by atoms with van der Waals surface area (Å²) in [6.07, 6.45) is 10.4. The third kappa shape index (κ3) is 2.18. The summed E-state index contributed by atoms with van der Waals surface area (Å²) in [5, 5.41) is 0. The smallest absolute Gasteiger partial charge is 0.0450 e. The van der Waals surface area contributed by atoms with Gasteiger partial charge in [0.1, 0.15) is 0 Å². The first kappa shape index (κ1) is 10.2. The summed E-state index contributed by atoms with van der Waals surface area (Å²) in [5.74, 6) is 7.35. The van der Waals surface area contributed by atoms with Crippen LogP contribution in [0.4, 0.5) is 0 Å². The van der Waals surface area contributed by atoms with Gasteiger partial charge in [-0.25, -0.2) is 0 Å². The molecule has 2 heteroatoms. The average Bonchev–Trinajstić information content (AvgIpc) is 2.93. The zero-order valence-corrected chi connectivity index (χ0v) is 9.13. The zero-order valence-electron chi connectivity index (χ0n) is 9.13. The predicted octanol–water partition coefficient (Wildman–Crippen LogP) is 2.36. The van der Waals surface area contributed by atoms with Crippen molar-refractivity contribution in [3.8, 4) is 0 Å². The maximum absolute atomic E-state index is 5.67. The van der Waals surface area contributed by atoms with Gasteiger partial charge in [-0.3, -0.25) is 11.3 Å². The summed E-state index contributed by atoms with van der Waals surface area (Å²) >= 11 is 0. The molecular formula is C12H22N2. The summed E-state index contributed by atoms with van der Waals surface area (Å²) in [6.45, 7) is 2.33. The van der Waals surface area contributed by atoms with Gasteiger partial charge in [0.05, 0.1) is 0 Å². The molecule has 0 heterocycles. The van der Waals surface area contributed by atoms with E-state index < -0.39 is 0 Å². The Morgan fingerprint density at radius 3 is 2.86 bits per heavy atom. The molecule has 2 aliphatic carbocycles. The molecule has 0 aliphatic heterocycles. The molecule has 0 saturated heterocycles. The Labute approximate surface area is 86.9 Å². The molecular weight excluding hydrogens is 172 g/mol. The Balaban J connectivity index is 1.98. The van der Waals surface area contributed by atoms with Crippen molar-refractivity contribution in [3.05, 3.63) is 11.6 Å². The lowest BCUT2D eigenvalue weighted by atomic mass is 9.97. The third-order valence-corrected chi connectivity index (χ3v) is 3.76. The summed E-state index contributed by atoms with van der Waals surface area (Å²) in [5.41, 5.74) is 4.61. The Hall–Kier alpha value is -0.340. The van der Waals surface area contributed by atoms with Gasteiger partial charge in [-0.15, -0.1) is 0 Å². The fourth-order valence-electron chi connectivity index (χ4n) is 2.64. The lowest BCUT2D eigenvalue weighted by Crippen LogP contribution is -2.38. The van der Waals surface area contributed by atoms with E-state index in [1.165, 1.54) is 38.5 Å². The summed E-state index contributed by atoms with van der Waals surface area (Å²) in [6, 6.07) is 0.475. The minimum atomic E-state index is 0.475. The maximum Gasteiger partial charge on any atom is 0.0450 e. The van der Waals surface area contributed by atoms with Crippen LogP contribution in [0.1, 0.15) is 45.4 Å². The van der Waals surface area contributed by atoms with E-state index in [4.69, 9.17) is 5.84 Å². The van der Waals surface area contributed by atoms with Crippen LogP contribution in [0.15, 0.2) is 11.6 Å². The largest absolute Gasteiger partial charge is 0.271 e. The van der Waals surface area contributed by atoms with Crippen LogP contribution < -0.4 is 11.3 Å². The molecule has 0 spiro atoms. The number of nitrogens with one attached hydrogen (secondary N) is 1. The monoisotopic (exact) mass is 194 g/mol. The fourth-order valence-corrected chi connectivity index (χ4v) is 2.64. The van der Waals surface area contributed by atoms with E-state index >= 15 is 0 Å². The van der Waals surface area contributed by atoms with E-state index in [1.54, 1.807) is 5.57 Å². The number of hydrazine groups is 1. The molecule has 1 fully saturated rings. The molecule has 3 atom stereocenters. The van der Waals surface area contributed by atoms with Crippen molar-refractivity contribution < 1.29 is 0 Å². The Bertz CT molecular complexity index is 222. The molecule has 0 aromatic rings. The van der Waals surface area contributed by atoms with E-state index in [-0.39, 0.29) is 0 Å². The van der Waals surface area contributed by atoms with E-state index in [0.717, 1.165) is 11.8 Å². The summed E-state index contributed by atoms with van der Waals surface area (Å²) in [4.78, 5) is 0. The topological polar surface area (TPSA) is 38.0 Å². The summed E-state index contributed by atoms with van der Waals surface area (Å²) < 4.78 is 0. The Morgan fingerprint density at radius 2 is 2.21 bits per heavy atom. The molecule has 14 heavy (non-hydrogen) atoms. The van der Waals surface area contributed by atoms with Crippen molar-refractivity contribution in [2.24, 2.45) is 17.7 Å². The average molecular weight is 194 g/mol. The highest BCUT2D eigenvalue weighted by atomic mass is 15.2. The molecule has 3 unspecified atom stereocenters. The normalized spacial score (nSPS) is 34.6. The zero-order chi connectivity index (χ0) is 9.97. The molecule has 3 N–H and O–H groups in total. The van der Waals surface area contributed by atoms with Crippen LogP contribution in [0.25, 0.3) is 0 Å². The fraction of sp³-hybridized carbons (Fsp3) is 0.833. The Kier molecular flexibility index (Phi) is 3.24. The van der Waals surface area contributed by atoms with Crippen LogP contribution in [-0.2, 0) is 0 Å². The van der Waals surface area contributed by atoms with Gasteiger partial charge in [0.25, 0.3) is 0 Å². The van der Waals surface area contributed by atoms with Gasteiger partial charge in [-0.05, 0) is 43.9 Å². The molecule has 0 bridgehead atoms. The highest BCUT2D eigenvalue weighted by Gasteiger charge is 2.40. The number of hydrogen-bond donors (Lipinski definition) is 2. The second kappa shape index (κ2) is 4.45. The van der Waals surface area contributed by atoms with Crippen LogP contribution in [0.3, 0.4) is 0 Å². The number of rotatable bonds is 3. The van der Waals surface area contributed by atoms with Crippen LogP contribution in [0, 0.1) is 11.8 Å². The quantitative estimate of drug-likeness (QED) is 0.411. The van der Waals surface area contributed by atoms with Gasteiger partial charge in [0.2, 0.25) is 0 Å². The van der Waals surface area contributed by atoms with Gasteiger partial charge < -0.3 is 0 Å². The van der Waals surface area contributed by atoms with Crippen molar-refractivity contribution in [1.29, 1.82) is 0 Å². The van der Waals surface area contributed by atoms with Gasteiger partial charge in [-0.1, -0.05) is 25.0 Å². The van der Waals surface area contributed by atoms with Crippen molar-refractivity contribution in [2.45, 2.75) is 51.5 Å². The van der Waals surface area contributed by atoms with E-state index in [2.05, 4.69) is 18.4 Å². The molecule has 1 saturated carbocycles. The lowest BCUT2D eigenvalue weighted by Gasteiger charge is -2.19. The number of nitrogens with two attached hydrogens (primary N) is 1. The van der Waals surface area contributed by atoms with Crippen molar-refractivity contribution in [2.75, 3.05) is 0 Å². The highest BCUT2D eigenvalue weighted by molar-refractivity contribution is 5.16. The molecule has 80 valence electrons. The van der Waals surface area contributed by atoms with Crippen molar-refractivity contribution >= 4 is 0 Å². The molecule has 0 aromatic heterocycles. The molecule has 2 nitrogen and oxygen atoms in total. The van der Waals surface area contributed by atoms with Crippen molar-refractivity contribution in [3.63, 3.8) is 0 Å². The highest BCUT2D eigenvalue weighted by Crippen LogP contribution is 2.43. The van der Waals surface area contributed by atoms with Gasteiger partial charge in [-0.2, -0.15) is 0 Å². The number of allylic oxidation sites excluding steroid dienone is 1. The first-order chi connectivity index (χ1) is 6.83. The molecule has 2 aliphatic rings.